The number of benzene rings is 1. The van der Waals surface area contributed by atoms with Crippen molar-refractivity contribution in [1.82, 2.24) is 34.3 Å². The number of aromatic nitrogens is 7. The maximum Gasteiger partial charge on any atom is 0.253 e. The monoisotopic (exact) mass is 339 g/mol. The summed E-state index contributed by atoms with van der Waals surface area (Å²) >= 11 is 1.39. The summed E-state index contributed by atoms with van der Waals surface area (Å²) in [5.41, 5.74) is 1.81. The Balaban J connectivity index is 1.82. The Labute approximate surface area is 141 Å². The normalized spacial score (nSPS) is 11.2. The molecule has 0 saturated carbocycles. The van der Waals surface area contributed by atoms with Gasteiger partial charge in [-0.15, -0.1) is 10.2 Å². The number of aliphatic hydroxyl groups is 1. The minimum atomic E-state index is -0.158. The number of aliphatic hydroxyl groups excluding tert-OH is 1. The van der Waals surface area contributed by atoms with E-state index in [2.05, 4.69) is 25.3 Å². The molecule has 0 fully saturated rings. The molecule has 3 heterocycles. The fourth-order valence-electron chi connectivity index (χ4n) is 2.28. The average molecular weight is 339 g/mol. The standard InChI is InChI=1S/C15H13N7OS/c1-21-12(8-23)19-20-15(21)24-13-7-11(10-5-3-2-4-6-10)18-14-16-9-17-22(13)14/h2-7,9,23H,8H2,1H3. The molecule has 0 atom stereocenters. The SMILES string of the molecule is Cn1c(CO)nnc1Sc1cc(-c2ccccc2)nc2ncnn12. The highest BCUT2D eigenvalue weighted by molar-refractivity contribution is 7.99. The van der Waals surface area contributed by atoms with Crippen molar-refractivity contribution in [3.63, 3.8) is 0 Å². The molecule has 8 nitrogen and oxygen atoms in total. The van der Waals surface area contributed by atoms with Crippen LogP contribution in [0.1, 0.15) is 5.82 Å². The van der Waals surface area contributed by atoms with Gasteiger partial charge in [-0.3, -0.25) is 0 Å². The Morgan fingerprint density at radius 3 is 2.75 bits per heavy atom. The molecule has 0 radical (unpaired) electrons. The van der Waals surface area contributed by atoms with Crippen molar-refractivity contribution in [2.75, 3.05) is 0 Å². The average Bonchev–Trinajstić information content (AvgIpc) is 3.23. The lowest BCUT2D eigenvalue weighted by molar-refractivity contribution is 0.266. The molecule has 1 aromatic carbocycles. The maximum atomic E-state index is 9.26. The van der Waals surface area contributed by atoms with Gasteiger partial charge in [-0.05, 0) is 17.8 Å². The zero-order chi connectivity index (χ0) is 16.5. The molecule has 0 aliphatic carbocycles. The molecule has 9 heteroatoms. The van der Waals surface area contributed by atoms with E-state index in [-0.39, 0.29) is 6.61 Å². The molecule has 0 amide bonds. The molecule has 4 aromatic rings. The number of fused-ring (bicyclic) bond motifs is 1. The molecule has 0 aliphatic rings. The second-order valence-corrected chi connectivity index (χ2v) is 6.02. The lowest BCUT2D eigenvalue weighted by atomic mass is 10.1. The lowest BCUT2D eigenvalue weighted by Gasteiger charge is -2.07. The van der Waals surface area contributed by atoms with E-state index < -0.39 is 0 Å². The molecular formula is C15H13N7OS. The van der Waals surface area contributed by atoms with Crippen molar-refractivity contribution in [2.24, 2.45) is 7.05 Å². The van der Waals surface area contributed by atoms with Gasteiger partial charge in [-0.1, -0.05) is 30.3 Å². The van der Waals surface area contributed by atoms with Gasteiger partial charge in [0.05, 0.1) is 5.69 Å². The number of hydrogen-bond donors (Lipinski definition) is 1. The van der Waals surface area contributed by atoms with Crippen molar-refractivity contribution < 1.29 is 5.11 Å². The number of rotatable bonds is 4. The zero-order valence-electron chi connectivity index (χ0n) is 12.7. The third-order valence-corrected chi connectivity index (χ3v) is 4.59. The van der Waals surface area contributed by atoms with Crippen LogP contribution in [0.5, 0.6) is 0 Å². The highest BCUT2D eigenvalue weighted by atomic mass is 32.2. The fraction of sp³-hybridized carbons (Fsp3) is 0.133. The van der Waals surface area contributed by atoms with Crippen LogP contribution in [-0.4, -0.2) is 39.5 Å². The summed E-state index contributed by atoms with van der Waals surface area (Å²) in [4.78, 5) is 8.74. The molecule has 0 aliphatic heterocycles. The third kappa shape index (κ3) is 2.53. The van der Waals surface area contributed by atoms with Crippen molar-refractivity contribution in [2.45, 2.75) is 16.8 Å². The Morgan fingerprint density at radius 1 is 1.17 bits per heavy atom. The Kier molecular flexibility index (Phi) is 3.71. The van der Waals surface area contributed by atoms with Crippen molar-refractivity contribution in [3.05, 3.63) is 48.5 Å². The van der Waals surface area contributed by atoms with Crippen LogP contribution in [0.2, 0.25) is 0 Å². The van der Waals surface area contributed by atoms with E-state index in [1.807, 2.05) is 43.4 Å². The Hall–Kier alpha value is -2.78. The van der Waals surface area contributed by atoms with Gasteiger partial charge in [-0.25, -0.2) is 4.98 Å². The van der Waals surface area contributed by atoms with Crippen molar-refractivity contribution in [3.8, 4) is 11.3 Å². The van der Waals surface area contributed by atoms with E-state index in [9.17, 15) is 5.11 Å². The molecule has 120 valence electrons. The summed E-state index contributed by atoms with van der Waals surface area (Å²) in [7, 11) is 1.81. The van der Waals surface area contributed by atoms with Crippen LogP contribution in [0, 0.1) is 0 Å². The van der Waals surface area contributed by atoms with E-state index in [1.54, 1.807) is 9.08 Å². The first kappa shape index (κ1) is 14.8. The van der Waals surface area contributed by atoms with Gasteiger partial charge >= 0.3 is 0 Å². The molecule has 0 bridgehead atoms. The van der Waals surface area contributed by atoms with E-state index in [0.29, 0.717) is 16.8 Å². The molecule has 0 spiro atoms. The van der Waals surface area contributed by atoms with Gasteiger partial charge in [0.2, 0.25) is 0 Å². The van der Waals surface area contributed by atoms with Gasteiger partial charge in [0.1, 0.15) is 18.0 Å². The van der Waals surface area contributed by atoms with E-state index in [1.165, 1.54) is 18.1 Å². The first-order chi connectivity index (χ1) is 11.8. The van der Waals surface area contributed by atoms with Crippen molar-refractivity contribution in [1.29, 1.82) is 0 Å². The van der Waals surface area contributed by atoms with Crippen molar-refractivity contribution >= 4 is 17.5 Å². The zero-order valence-corrected chi connectivity index (χ0v) is 13.6. The Bertz CT molecular complexity index is 996. The van der Waals surface area contributed by atoms with Crippen LogP contribution < -0.4 is 0 Å². The maximum absolute atomic E-state index is 9.26. The second kappa shape index (κ2) is 6.02. The summed E-state index contributed by atoms with van der Waals surface area (Å²) in [6.07, 6.45) is 1.47. The smallest absolute Gasteiger partial charge is 0.253 e. The minimum Gasteiger partial charge on any atom is -0.388 e. The van der Waals surface area contributed by atoms with Crippen LogP contribution >= 0.6 is 11.8 Å². The minimum absolute atomic E-state index is 0.158. The lowest BCUT2D eigenvalue weighted by Crippen LogP contribution is -2.01. The quantitative estimate of drug-likeness (QED) is 0.564. The van der Waals surface area contributed by atoms with Gasteiger partial charge in [0.25, 0.3) is 5.78 Å². The topological polar surface area (TPSA) is 94.0 Å². The fourth-order valence-corrected chi connectivity index (χ4v) is 3.18. The van der Waals surface area contributed by atoms with Crippen LogP contribution in [-0.2, 0) is 13.7 Å². The van der Waals surface area contributed by atoms with Crippen LogP contribution in [0.4, 0.5) is 0 Å². The third-order valence-electron chi connectivity index (χ3n) is 3.55. The molecule has 4 rings (SSSR count). The van der Waals surface area contributed by atoms with Crippen LogP contribution in [0.15, 0.2) is 52.9 Å². The summed E-state index contributed by atoms with van der Waals surface area (Å²) in [6.45, 7) is -0.158. The van der Waals surface area contributed by atoms with E-state index in [0.717, 1.165) is 16.3 Å². The van der Waals surface area contributed by atoms with Gasteiger partial charge in [-0.2, -0.15) is 14.6 Å². The first-order valence-corrected chi connectivity index (χ1v) is 8.01. The highest BCUT2D eigenvalue weighted by Crippen LogP contribution is 2.29. The predicted octanol–water partition coefficient (Wildman–Crippen LogP) is 1.56. The predicted molar refractivity (Wildman–Crippen MR) is 87.3 cm³/mol. The first-order valence-electron chi connectivity index (χ1n) is 7.19. The van der Waals surface area contributed by atoms with Crippen LogP contribution in [0.25, 0.3) is 17.0 Å². The summed E-state index contributed by atoms with van der Waals surface area (Å²) in [5.74, 6) is 1.02. The number of nitrogens with zero attached hydrogens (tertiary/aromatic N) is 7. The van der Waals surface area contributed by atoms with E-state index >= 15 is 0 Å². The highest BCUT2D eigenvalue weighted by Gasteiger charge is 2.14. The van der Waals surface area contributed by atoms with Gasteiger partial charge < -0.3 is 9.67 Å². The summed E-state index contributed by atoms with van der Waals surface area (Å²) < 4.78 is 3.40. The Morgan fingerprint density at radius 2 is 2.00 bits per heavy atom. The molecule has 0 unspecified atom stereocenters. The van der Waals surface area contributed by atoms with Gasteiger partial charge in [0, 0.05) is 12.6 Å². The largest absolute Gasteiger partial charge is 0.388 e. The number of hydrogen-bond acceptors (Lipinski definition) is 7. The summed E-state index contributed by atoms with van der Waals surface area (Å²) in [5, 5.41) is 23.0. The van der Waals surface area contributed by atoms with E-state index in [4.69, 9.17) is 0 Å². The molecule has 0 saturated heterocycles. The molecule has 24 heavy (non-hydrogen) atoms. The molecule has 3 aromatic heterocycles. The summed E-state index contributed by atoms with van der Waals surface area (Å²) in [6, 6.07) is 11.8. The molecular weight excluding hydrogens is 326 g/mol. The molecule has 1 N–H and O–H groups in total. The van der Waals surface area contributed by atoms with Gasteiger partial charge in [0.15, 0.2) is 11.0 Å². The second-order valence-electron chi connectivity index (χ2n) is 5.04. The van der Waals surface area contributed by atoms with Crippen LogP contribution in [0.3, 0.4) is 0 Å².